The maximum atomic E-state index is 11.9. The monoisotopic (exact) mass is 274 g/mol. The van der Waals surface area contributed by atoms with Crippen LogP contribution in [-0.2, 0) is 11.3 Å². The van der Waals surface area contributed by atoms with E-state index >= 15 is 0 Å². The topological polar surface area (TPSA) is 75.2 Å². The predicted octanol–water partition coefficient (Wildman–Crippen LogP) is 1.41. The third kappa shape index (κ3) is 2.55. The molecular formula is C9H11ClN4O2S. The van der Waals surface area contributed by atoms with Crippen molar-refractivity contribution in [2.75, 3.05) is 0 Å². The number of carbonyl (C=O) groups is 2. The van der Waals surface area contributed by atoms with Crippen LogP contribution in [0.15, 0.2) is 0 Å². The van der Waals surface area contributed by atoms with Crippen molar-refractivity contribution in [3.05, 3.63) is 9.47 Å². The van der Waals surface area contributed by atoms with Crippen molar-refractivity contribution in [1.29, 1.82) is 0 Å². The van der Waals surface area contributed by atoms with Gasteiger partial charge in [0, 0.05) is 0 Å². The minimum Gasteiger partial charge on any atom is -0.326 e. The third-order valence-corrected chi connectivity index (χ3v) is 3.42. The first kappa shape index (κ1) is 12.3. The van der Waals surface area contributed by atoms with Crippen LogP contribution >= 0.6 is 22.9 Å². The Balaban J connectivity index is 2.06. The number of imide groups is 1. The number of rotatable bonds is 4. The molecular weight excluding hydrogens is 264 g/mol. The van der Waals surface area contributed by atoms with Gasteiger partial charge < -0.3 is 5.32 Å². The average Bonchev–Trinajstić information content (AvgIpc) is 2.79. The highest BCUT2D eigenvalue weighted by Gasteiger charge is 2.37. The lowest BCUT2D eigenvalue weighted by Gasteiger charge is -2.10. The Labute approximate surface area is 107 Å². The van der Waals surface area contributed by atoms with Crippen LogP contribution in [0.1, 0.15) is 24.8 Å². The van der Waals surface area contributed by atoms with E-state index in [2.05, 4.69) is 15.5 Å². The smallest absolute Gasteiger partial charge is 0.325 e. The number of hydrogen-bond donors (Lipinski definition) is 1. The van der Waals surface area contributed by atoms with Crippen molar-refractivity contribution < 1.29 is 9.59 Å². The lowest BCUT2D eigenvalue weighted by atomic mass is 10.2. The van der Waals surface area contributed by atoms with Crippen LogP contribution in [0.5, 0.6) is 0 Å². The molecule has 0 saturated carbocycles. The standard InChI is InChI=1S/C9H11ClN4O2S/c1-2-3-5-7(15)14(9(16)11-5)4-6-12-13-8(10)17-6/h5H,2-4H2,1H3,(H,11,16). The Hall–Kier alpha value is -1.21. The van der Waals surface area contributed by atoms with Crippen LogP contribution in [0.2, 0.25) is 4.47 Å². The van der Waals surface area contributed by atoms with Crippen molar-refractivity contribution in [3.63, 3.8) is 0 Å². The predicted molar refractivity (Wildman–Crippen MR) is 62.7 cm³/mol. The summed E-state index contributed by atoms with van der Waals surface area (Å²) in [5.41, 5.74) is 0. The molecule has 6 nitrogen and oxygen atoms in total. The molecule has 1 fully saturated rings. The molecule has 0 aromatic carbocycles. The lowest BCUT2D eigenvalue weighted by Crippen LogP contribution is -2.30. The normalized spacial score (nSPS) is 19.9. The lowest BCUT2D eigenvalue weighted by molar-refractivity contribution is -0.128. The number of amides is 3. The molecule has 0 spiro atoms. The molecule has 1 aromatic rings. The van der Waals surface area contributed by atoms with Crippen LogP contribution in [0.25, 0.3) is 0 Å². The molecule has 1 N–H and O–H groups in total. The fourth-order valence-electron chi connectivity index (χ4n) is 1.64. The molecule has 1 unspecified atom stereocenters. The van der Waals surface area contributed by atoms with Crippen molar-refractivity contribution >= 4 is 34.9 Å². The van der Waals surface area contributed by atoms with Gasteiger partial charge in [0.15, 0.2) is 0 Å². The number of nitrogens with one attached hydrogen (secondary N) is 1. The maximum absolute atomic E-state index is 11.9. The SMILES string of the molecule is CCCC1NC(=O)N(Cc2nnc(Cl)s2)C1=O. The Morgan fingerprint density at radius 3 is 2.82 bits per heavy atom. The number of hydrogen-bond acceptors (Lipinski definition) is 5. The summed E-state index contributed by atoms with van der Waals surface area (Å²) in [6.07, 6.45) is 1.49. The summed E-state index contributed by atoms with van der Waals surface area (Å²) in [4.78, 5) is 24.6. The van der Waals surface area contributed by atoms with E-state index in [1.54, 1.807) is 0 Å². The van der Waals surface area contributed by atoms with Gasteiger partial charge in [0.1, 0.15) is 11.0 Å². The van der Waals surface area contributed by atoms with Gasteiger partial charge >= 0.3 is 6.03 Å². The minimum atomic E-state index is -0.407. The average molecular weight is 275 g/mol. The molecule has 1 aliphatic rings. The van der Waals surface area contributed by atoms with Gasteiger partial charge in [0.25, 0.3) is 5.91 Å². The molecule has 0 aliphatic carbocycles. The van der Waals surface area contributed by atoms with Crippen molar-refractivity contribution in [3.8, 4) is 0 Å². The number of aromatic nitrogens is 2. The van der Waals surface area contributed by atoms with E-state index in [1.807, 2.05) is 6.92 Å². The van der Waals surface area contributed by atoms with Crippen LogP contribution in [0.4, 0.5) is 4.79 Å². The fraction of sp³-hybridized carbons (Fsp3) is 0.556. The Morgan fingerprint density at radius 2 is 2.24 bits per heavy atom. The number of halogens is 1. The molecule has 1 aliphatic heterocycles. The van der Waals surface area contributed by atoms with Gasteiger partial charge in [0.2, 0.25) is 4.47 Å². The number of urea groups is 1. The van der Waals surface area contributed by atoms with Crippen LogP contribution in [0, 0.1) is 0 Å². The second-order valence-corrected chi connectivity index (χ2v) is 5.31. The molecule has 92 valence electrons. The van der Waals surface area contributed by atoms with Gasteiger partial charge in [0.05, 0.1) is 6.54 Å². The highest BCUT2D eigenvalue weighted by molar-refractivity contribution is 7.15. The third-order valence-electron chi connectivity index (χ3n) is 2.42. The van der Waals surface area contributed by atoms with Crippen LogP contribution in [0.3, 0.4) is 0 Å². The van der Waals surface area contributed by atoms with Gasteiger partial charge in [-0.25, -0.2) is 4.79 Å². The van der Waals surface area contributed by atoms with E-state index in [1.165, 1.54) is 0 Å². The van der Waals surface area contributed by atoms with E-state index in [9.17, 15) is 9.59 Å². The van der Waals surface area contributed by atoms with E-state index in [4.69, 9.17) is 11.6 Å². The maximum Gasteiger partial charge on any atom is 0.325 e. The van der Waals surface area contributed by atoms with Gasteiger partial charge in [-0.15, -0.1) is 10.2 Å². The molecule has 0 bridgehead atoms. The van der Waals surface area contributed by atoms with Crippen molar-refractivity contribution in [1.82, 2.24) is 20.4 Å². The van der Waals surface area contributed by atoms with E-state index in [-0.39, 0.29) is 18.5 Å². The summed E-state index contributed by atoms with van der Waals surface area (Å²) in [5.74, 6) is -0.205. The van der Waals surface area contributed by atoms with E-state index in [0.29, 0.717) is 15.9 Å². The van der Waals surface area contributed by atoms with Gasteiger partial charge in [-0.05, 0) is 18.0 Å². The summed E-state index contributed by atoms with van der Waals surface area (Å²) in [6, 6.07) is -0.782. The Bertz CT molecular complexity index is 450. The zero-order chi connectivity index (χ0) is 12.4. The zero-order valence-corrected chi connectivity index (χ0v) is 10.7. The molecule has 8 heteroatoms. The largest absolute Gasteiger partial charge is 0.326 e. The molecule has 17 heavy (non-hydrogen) atoms. The van der Waals surface area contributed by atoms with E-state index < -0.39 is 6.04 Å². The quantitative estimate of drug-likeness (QED) is 0.843. The summed E-state index contributed by atoms with van der Waals surface area (Å²) in [7, 11) is 0. The first-order valence-corrected chi connectivity index (χ1v) is 6.41. The molecule has 3 amide bonds. The van der Waals surface area contributed by atoms with Crippen molar-refractivity contribution in [2.24, 2.45) is 0 Å². The second kappa shape index (κ2) is 4.97. The van der Waals surface area contributed by atoms with Gasteiger partial charge in [-0.2, -0.15) is 0 Å². The Morgan fingerprint density at radius 1 is 1.47 bits per heavy atom. The molecule has 1 aromatic heterocycles. The number of carbonyl (C=O) groups excluding carboxylic acids is 2. The fourth-order valence-corrected chi connectivity index (χ4v) is 2.50. The van der Waals surface area contributed by atoms with Crippen LogP contribution in [-0.4, -0.2) is 33.1 Å². The number of nitrogens with zero attached hydrogens (tertiary/aromatic N) is 3. The summed E-state index contributed by atoms with van der Waals surface area (Å²) >= 11 is 6.80. The highest BCUT2D eigenvalue weighted by Crippen LogP contribution is 2.19. The summed E-state index contributed by atoms with van der Waals surface area (Å²) < 4.78 is 0.303. The first-order chi connectivity index (χ1) is 8.11. The summed E-state index contributed by atoms with van der Waals surface area (Å²) in [5, 5.41) is 10.6. The second-order valence-electron chi connectivity index (χ2n) is 3.66. The van der Waals surface area contributed by atoms with Gasteiger partial charge in [-0.1, -0.05) is 24.7 Å². The molecule has 1 saturated heterocycles. The molecule has 0 radical (unpaired) electrons. The van der Waals surface area contributed by atoms with Crippen LogP contribution < -0.4 is 5.32 Å². The van der Waals surface area contributed by atoms with E-state index in [0.717, 1.165) is 22.7 Å². The Kier molecular flexibility index (Phi) is 3.58. The minimum absolute atomic E-state index is 0.134. The highest BCUT2D eigenvalue weighted by atomic mass is 35.5. The zero-order valence-electron chi connectivity index (χ0n) is 9.14. The molecule has 1 atom stereocenters. The molecule has 2 heterocycles. The summed E-state index contributed by atoms with van der Waals surface area (Å²) in [6.45, 7) is 2.10. The first-order valence-electron chi connectivity index (χ1n) is 5.21. The van der Waals surface area contributed by atoms with Gasteiger partial charge in [-0.3, -0.25) is 9.69 Å². The van der Waals surface area contributed by atoms with Crippen molar-refractivity contribution in [2.45, 2.75) is 32.4 Å². The molecule has 2 rings (SSSR count).